The quantitative estimate of drug-likeness (QED) is 0.520. The number of halogens is 2. The van der Waals surface area contributed by atoms with Crippen molar-refractivity contribution >= 4 is 27.9 Å². The molecular formula is C8H5BrFNO4. The van der Waals surface area contributed by atoms with Crippen molar-refractivity contribution in [2.75, 3.05) is 0 Å². The Balaban J connectivity index is 3.48. The van der Waals surface area contributed by atoms with Crippen molar-refractivity contribution in [3.63, 3.8) is 0 Å². The first kappa shape index (κ1) is 11.6. The van der Waals surface area contributed by atoms with Crippen molar-refractivity contribution in [1.29, 1.82) is 0 Å². The van der Waals surface area contributed by atoms with Crippen LogP contribution in [0.4, 0.5) is 10.1 Å². The highest BCUT2D eigenvalue weighted by atomic mass is 79.9. The number of aldehydes is 1. The molecule has 15 heavy (non-hydrogen) atoms. The molecule has 0 unspecified atom stereocenters. The van der Waals surface area contributed by atoms with Crippen LogP contribution in [0.1, 0.15) is 5.56 Å². The third kappa shape index (κ3) is 2.12. The predicted octanol–water partition coefficient (Wildman–Crippen LogP) is 1.94. The number of carbonyl (C=O) groups excluding carboxylic acids is 1. The van der Waals surface area contributed by atoms with Crippen LogP contribution in [-0.2, 0) is 11.2 Å². The van der Waals surface area contributed by atoms with Gasteiger partial charge in [-0.3, -0.25) is 10.1 Å². The van der Waals surface area contributed by atoms with E-state index in [1.807, 2.05) is 0 Å². The average Bonchev–Trinajstić information content (AvgIpc) is 2.18. The van der Waals surface area contributed by atoms with Crippen LogP contribution in [0.15, 0.2) is 10.5 Å². The first-order valence-corrected chi connectivity index (χ1v) is 4.56. The molecule has 0 aliphatic rings. The summed E-state index contributed by atoms with van der Waals surface area (Å²) in [6, 6.07) is 0.591. The molecule has 1 aromatic carbocycles. The average molecular weight is 278 g/mol. The van der Waals surface area contributed by atoms with Gasteiger partial charge in [0.2, 0.25) is 0 Å². The summed E-state index contributed by atoms with van der Waals surface area (Å²) in [5, 5.41) is 19.8. The summed E-state index contributed by atoms with van der Waals surface area (Å²) in [6.45, 7) is 0. The van der Waals surface area contributed by atoms with Crippen LogP contribution in [0.2, 0.25) is 0 Å². The van der Waals surface area contributed by atoms with E-state index in [0.29, 0.717) is 12.4 Å². The Bertz CT molecular complexity index is 435. The molecule has 7 heteroatoms. The maximum absolute atomic E-state index is 13.1. The van der Waals surface area contributed by atoms with E-state index in [1.54, 1.807) is 0 Å². The lowest BCUT2D eigenvalue weighted by Crippen LogP contribution is -1.97. The van der Waals surface area contributed by atoms with Gasteiger partial charge >= 0.3 is 5.69 Å². The van der Waals surface area contributed by atoms with E-state index in [0.717, 1.165) is 0 Å². The van der Waals surface area contributed by atoms with Gasteiger partial charge in [0.05, 0.1) is 15.5 Å². The summed E-state index contributed by atoms with van der Waals surface area (Å²) in [4.78, 5) is 19.7. The van der Waals surface area contributed by atoms with Gasteiger partial charge in [0.15, 0.2) is 5.75 Å². The second-order valence-corrected chi connectivity index (χ2v) is 3.44. The second kappa shape index (κ2) is 4.35. The Morgan fingerprint density at radius 3 is 2.73 bits per heavy atom. The summed E-state index contributed by atoms with van der Waals surface area (Å²) in [7, 11) is 0. The monoisotopic (exact) mass is 277 g/mol. The van der Waals surface area contributed by atoms with Crippen molar-refractivity contribution in [2.24, 2.45) is 0 Å². The fraction of sp³-hybridized carbons (Fsp3) is 0.125. The molecule has 0 bridgehead atoms. The van der Waals surface area contributed by atoms with Crippen molar-refractivity contribution in [2.45, 2.75) is 6.42 Å². The lowest BCUT2D eigenvalue weighted by Gasteiger charge is -2.05. The molecule has 0 aliphatic carbocycles. The normalized spacial score (nSPS) is 10.0. The molecule has 0 saturated heterocycles. The van der Waals surface area contributed by atoms with Crippen LogP contribution in [0.25, 0.3) is 0 Å². The molecule has 0 aromatic heterocycles. The lowest BCUT2D eigenvalue weighted by atomic mass is 10.1. The molecule has 0 fully saturated rings. The molecule has 1 aromatic rings. The van der Waals surface area contributed by atoms with Crippen molar-refractivity contribution < 1.29 is 19.2 Å². The van der Waals surface area contributed by atoms with Crippen LogP contribution in [0.5, 0.6) is 5.75 Å². The number of phenols is 1. The van der Waals surface area contributed by atoms with E-state index < -0.39 is 22.2 Å². The Morgan fingerprint density at radius 2 is 2.27 bits per heavy atom. The van der Waals surface area contributed by atoms with Gasteiger partial charge in [-0.05, 0) is 15.9 Å². The van der Waals surface area contributed by atoms with Gasteiger partial charge < -0.3 is 9.90 Å². The van der Waals surface area contributed by atoms with Crippen molar-refractivity contribution in [3.8, 4) is 5.75 Å². The number of hydrogen-bond acceptors (Lipinski definition) is 4. The summed E-state index contributed by atoms with van der Waals surface area (Å²) in [5.41, 5.74) is -0.885. The zero-order chi connectivity index (χ0) is 11.6. The first-order valence-electron chi connectivity index (χ1n) is 3.77. The van der Waals surface area contributed by atoms with Gasteiger partial charge in [-0.2, -0.15) is 0 Å². The number of nitro benzene ring substituents is 1. The molecular weight excluding hydrogens is 273 g/mol. The number of benzene rings is 1. The van der Waals surface area contributed by atoms with Crippen LogP contribution in [0.3, 0.4) is 0 Å². The smallest absolute Gasteiger partial charge is 0.314 e. The molecule has 0 amide bonds. The van der Waals surface area contributed by atoms with Crippen LogP contribution < -0.4 is 0 Å². The van der Waals surface area contributed by atoms with Crippen LogP contribution >= 0.6 is 15.9 Å². The molecule has 0 spiro atoms. The molecule has 0 heterocycles. The topological polar surface area (TPSA) is 80.4 Å². The molecule has 1 rings (SSSR count). The highest BCUT2D eigenvalue weighted by Crippen LogP contribution is 2.36. The third-order valence-electron chi connectivity index (χ3n) is 1.75. The highest BCUT2D eigenvalue weighted by Gasteiger charge is 2.22. The van der Waals surface area contributed by atoms with E-state index in [2.05, 4.69) is 15.9 Å². The summed E-state index contributed by atoms with van der Waals surface area (Å²) >= 11 is 2.80. The molecule has 0 atom stereocenters. The fourth-order valence-corrected chi connectivity index (χ4v) is 1.53. The van der Waals surface area contributed by atoms with Crippen LogP contribution in [0, 0.1) is 15.9 Å². The fourth-order valence-electron chi connectivity index (χ4n) is 1.06. The van der Waals surface area contributed by atoms with E-state index >= 15 is 0 Å². The van der Waals surface area contributed by atoms with E-state index in [9.17, 15) is 24.4 Å². The number of nitrogens with zero attached hydrogens (tertiary/aromatic N) is 1. The largest absolute Gasteiger partial charge is 0.502 e. The Labute approximate surface area is 91.8 Å². The summed E-state index contributed by atoms with van der Waals surface area (Å²) in [6.07, 6.45) is 0.119. The van der Waals surface area contributed by atoms with Gasteiger partial charge in [-0.1, -0.05) is 0 Å². The maximum atomic E-state index is 13.1. The van der Waals surface area contributed by atoms with E-state index in [4.69, 9.17) is 0 Å². The standard InChI is InChI=1S/C8H5BrFNO4/c9-7-4(1-2-12)8(13)6(11(14)15)3-5(7)10/h2-3,13H,1H2. The van der Waals surface area contributed by atoms with Crippen molar-refractivity contribution in [1.82, 2.24) is 0 Å². The minimum absolute atomic E-state index is 0.128. The number of phenolic OH excluding ortho intramolecular Hbond substituents is 1. The minimum Gasteiger partial charge on any atom is -0.502 e. The highest BCUT2D eigenvalue weighted by molar-refractivity contribution is 9.10. The second-order valence-electron chi connectivity index (χ2n) is 2.65. The zero-order valence-electron chi connectivity index (χ0n) is 7.24. The molecule has 0 radical (unpaired) electrons. The summed E-state index contributed by atoms with van der Waals surface area (Å²) < 4.78 is 13.0. The zero-order valence-corrected chi connectivity index (χ0v) is 8.82. The number of hydrogen-bond donors (Lipinski definition) is 1. The van der Waals surface area contributed by atoms with Gasteiger partial charge in [-0.15, -0.1) is 0 Å². The number of aromatic hydroxyl groups is 1. The van der Waals surface area contributed by atoms with Gasteiger partial charge in [-0.25, -0.2) is 4.39 Å². The SMILES string of the molecule is O=CCc1c(O)c([N+](=O)[O-])cc(F)c1Br. The van der Waals surface area contributed by atoms with Gasteiger partial charge in [0.1, 0.15) is 12.1 Å². The maximum Gasteiger partial charge on any atom is 0.314 e. The van der Waals surface area contributed by atoms with E-state index in [-0.39, 0.29) is 16.5 Å². The Morgan fingerprint density at radius 1 is 1.67 bits per heavy atom. The number of carbonyl (C=O) groups is 1. The Kier molecular flexibility index (Phi) is 3.35. The molecule has 0 aliphatic heterocycles. The van der Waals surface area contributed by atoms with Gasteiger partial charge in [0.25, 0.3) is 0 Å². The Hall–Kier alpha value is -1.50. The van der Waals surface area contributed by atoms with E-state index in [1.165, 1.54) is 0 Å². The number of rotatable bonds is 3. The third-order valence-corrected chi connectivity index (χ3v) is 2.61. The van der Waals surface area contributed by atoms with Crippen LogP contribution in [-0.4, -0.2) is 16.3 Å². The number of nitro groups is 1. The summed E-state index contributed by atoms with van der Waals surface area (Å²) in [5.74, 6) is -1.59. The predicted molar refractivity (Wildman–Crippen MR) is 52.2 cm³/mol. The first-order chi connectivity index (χ1) is 6.99. The molecule has 5 nitrogen and oxygen atoms in total. The van der Waals surface area contributed by atoms with Gasteiger partial charge in [0, 0.05) is 12.0 Å². The molecule has 80 valence electrons. The minimum atomic E-state index is -0.918. The van der Waals surface area contributed by atoms with Crippen molar-refractivity contribution in [3.05, 3.63) is 32.0 Å². The molecule has 0 saturated carbocycles. The lowest BCUT2D eigenvalue weighted by molar-refractivity contribution is -0.386. The molecule has 1 N–H and O–H groups in total.